The number of aliphatic hydroxyl groups excluding tert-OH is 3. The third kappa shape index (κ3) is 5.18. The zero-order chi connectivity index (χ0) is 8.85. The Morgan fingerprint density at radius 2 is 1.73 bits per heavy atom. The molecule has 0 saturated heterocycles. The van der Waals surface area contributed by atoms with Gasteiger partial charge in [-0.2, -0.15) is 0 Å². The van der Waals surface area contributed by atoms with E-state index >= 15 is 0 Å². The molecule has 0 aromatic carbocycles. The first-order chi connectivity index (χ1) is 5.07. The van der Waals surface area contributed by atoms with E-state index in [1.807, 2.05) is 13.8 Å². The highest BCUT2D eigenvalue weighted by atomic mass is 16.3. The summed E-state index contributed by atoms with van der Waals surface area (Å²) in [6.07, 6.45) is -0.323. The molecule has 3 nitrogen and oxygen atoms in total. The predicted molar refractivity (Wildman–Crippen MR) is 43.2 cm³/mol. The average Bonchev–Trinajstić information content (AvgIpc) is 1.87. The Kier molecular flexibility index (Phi) is 5.46. The lowest BCUT2D eigenvalue weighted by molar-refractivity contribution is 0.0421. The predicted octanol–water partition coefficient (Wildman–Crippen LogP) is 0.137. The molecule has 0 heterocycles. The van der Waals surface area contributed by atoms with E-state index in [1.165, 1.54) is 0 Å². The second kappa shape index (κ2) is 5.52. The molecular weight excluding hydrogens is 144 g/mol. The minimum atomic E-state index is -0.572. The molecule has 0 radical (unpaired) electrons. The molecule has 0 aliphatic heterocycles. The van der Waals surface area contributed by atoms with Gasteiger partial charge in [-0.15, -0.1) is 0 Å². The number of hydrogen-bond donors (Lipinski definition) is 3. The van der Waals surface area contributed by atoms with E-state index in [-0.39, 0.29) is 12.5 Å². The molecule has 0 fully saturated rings. The summed E-state index contributed by atoms with van der Waals surface area (Å²) in [6.45, 7) is 3.78. The van der Waals surface area contributed by atoms with Crippen molar-refractivity contribution in [3.05, 3.63) is 0 Å². The van der Waals surface area contributed by atoms with Crippen LogP contribution >= 0.6 is 0 Å². The monoisotopic (exact) mass is 162 g/mol. The van der Waals surface area contributed by atoms with Crippen molar-refractivity contribution in [2.75, 3.05) is 6.61 Å². The lowest BCUT2D eigenvalue weighted by Crippen LogP contribution is -2.22. The molecule has 0 aromatic heterocycles. The molecule has 0 spiro atoms. The van der Waals surface area contributed by atoms with Crippen LogP contribution in [0.4, 0.5) is 0 Å². The van der Waals surface area contributed by atoms with Gasteiger partial charge in [0.1, 0.15) is 0 Å². The fourth-order valence-corrected chi connectivity index (χ4v) is 0.818. The van der Waals surface area contributed by atoms with Crippen molar-refractivity contribution in [3.8, 4) is 0 Å². The van der Waals surface area contributed by atoms with Crippen LogP contribution in [0.3, 0.4) is 0 Å². The van der Waals surface area contributed by atoms with E-state index in [2.05, 4.69) is 0 Å². The standard InChI is InChI=1S/C8H18O3/c1-6(2)8(11)5-7(10)3-4-9/h6-11H,3-5H2,1-2H3. The van der Waals surface area contributed by atoms with Gasteiger partial charge in [0.25, 0.3) is 0 Å². The van der Waals surface area contributed by atoms with Gasteiger partial charge in [0.15, 0.2) is 0 Å². The Morgan fingerprint density at radius 3 is 2.09 bits per heavy atom. The highest BCUT2D eigenvalue weighted by Gasteiger charge is 2.14. The topological polar surface area (TPSA) is 60.7 Å². The Labute approximate surface area is 67.7 Å². The largest absolute Gasteiger partial charge is 0.396 e. The zero-order valence-corrected chi connectivity index (χ0v) is 7.20. The van der Waals surface area contributed by atoms with E-state index < -0.39 is 12.2 Å². The van der Waals surface area contributed by atoms with Gasteiger partial charge in [0.05, 0.1) is 12.2 Å². The second-order valence-electron chi connectivity index (χ2n) is 3.21. The van der Waals surface area contributed by atoms with Crippen LogP contribution in [-0.2, 0) is 0 Å². The Morgan fingerprint density at radius 1 is 1.18 bits per heavy atom. The van der Waals surface area contributed by atoms with Crippen LogP contribution in [0.5, 0.6) is 0 Å². The fourth-order valence-electron chi connectivity index (χ4n) is 0.818. The molecular formula is C8H18O3. The Hall–Kier alpha value is -0.120. The summed E-state index contributed by atoms with van der Waals surface area (Å²) >= 11 is 0. The normalized spacial score (nSPS) is 16.9. The van der Waals surface area contributed by atoms with Gasteiger partial charge in [-0.05, 0) is 18.8 Å². The van der Waals surface area contributed by atoms with E-state index in [9.17, 15) is 5.11 Å². The summed E-state index contributed by atoms with van der Waals surface area (Å²) in [5, 5.41) is 26.9. The first kappa shape index (κ1) is 10.9. The highest BCUT2D eigenvalue weighted by Crippen LogP contribution is 2.09. The highest BCUT2D eigenvalue weighted by molar-refractivity contribution is 4.65. The maximum atomic E-state index is 9.28. The maximum Gasteiger partial charge on any atom is 0.0587 e. The van der Waals surface area contributed by atoms with Crippen LogP contribution in [0.25, 0.3) is 0 Å². The smallest absolute Gasteiger partial charge is 0.0587 e. The Bertz CT molecular complexity index is 93.3. The van der Waals surface area contributed by atoms with Crippen molar-refractivity contribution in [2.45, 2.75) is 38.9 Å². The summed E-state index contributed by atoms with van der Waals surface area (Å²) in [4.78, 5) is 0. The van der Waals surface area contributed by atoms with Crippen LogP contribution < -0.4 is 0 Å². The van der Waals surface area contributed by atoms with Crippen LogP contribution in [0.2, 0.25) is 0 Å². The van der Waals surface area contributed by atoms with E-state index in [0.29, 0.717) is 12.8 Å². The van der Waals surface area contributed by atoms with Crippen molar-refractivity contribution in [1.29, 1.82) is 0 Å². The molecule has 2 unspecified atom stereocenters. The molecule has 0 rings (SSSR count). The average molecular weight is 162 g/mol. The van der Waals surface area contributed by atoms with Crippen LogP contribution in [0.15, 0.2) is 0 Å². The lowest BCUT2D eigenvalue weighted by atomic mass is 10.00. The summed E-state index contributed by atoms with van der Waals surface area (Å²) in [7, 11) is 0. The molecule has 0 aliphatic carbocycles. The van der Waals surface area contributed by atoms with E-state index in [4.69, 9.17) is 10.2 Å². The molecule has 0 aromatic rings. The van der Waals surface area contributed by atoms with Gasteiger partial charge in [-0.3, -0.25) is 0 Å². The minimum absolute atomic E-state index is 0.0218. The first-order valence-electron chi connectivity index (χ1n) is 4.05. The molecule has 0 saturated carbocycles. The van der Waals surface area contributed by atoms with Crippen LogP contribution in [0, 0.1) is 5.92 Å². The van der Waals surface area contributed by atoms with Crippen LogP contribution in [-0.4, -0.2) is 34.1 Å². The van der Waals surface area contributed by atoms with Crippen molar-refractivity contribution < 1.29 is 15.3 Å². The first-order valence-corrected chi connectivity index (χ1v) is 4.05. The molecule has 68 valence electrons. The van der Waals surface area contributed by atoms with E-state index in [1.54, 1.807) is 0 Å². The number of hydrogen-bond acceptors (Lipinski definition) is 3. The fraction of sp³-hybridized carbons (Fsp3) is 1.00. The van der Waals surface area contributed by atoms with Gasteiger partial charge >= 0.3 is 0 Å². The third-order valence-corrected chi connectivity index (χ3v) is 1.75. The molecule has 2 atom stereocenters. The summed E-state index contributed by atoms with van der Waals surface area (Å²) in [6, 6.07) is 0. The van der Waals surface area contributed by atoms with Gasteiger partial charge in [0.2, 0.25) is 0 Å². The maximum absolute atomic E-state index is 9.28. The molecule has 0 amide bonds. The second-order valence-corrected chi connectivity index (χ2v) is 3.21. The molecule has 0 bridgehead atoms. The zero-order valence-electron chi connectivity index (χ0n) is 7.20. The van der Waals surface area contributed by atoms with Crippen molar-refractivity contribution in [3.63, 3.8) is 0 Å². The summed E-state index contributed by atoms with van der Waals surface area (Å²) < 4.78 is 0. The van der Waals surface area contributed by atoms with Gasteiger partial charge in [-0.25, -0.2) is 0 Å². The van der Waals surface area contributed by atoms with Crippen molar-refractivity contribution in [2.24, 2.45) is 5.92 Å². The van der Waals surface area contributed by atoms with Crippen molar-refractivity contribution >= 4 is 0 Å². The van der Waals surface area contributed by atoms with E-state index in [0.717, 1.165) is 0 Å². The number of aliphatic hydroxyl groups is 3. The SMILES string of the molecule is CC(C)C(O)CC(O)CCO. The molecule has 3 N–H and O–H groups in total. The third-order valence-electron chi connectivity index (χ3n) is 1.75. The van der Waals surface area contributed by atoms with Gasteiger partial charge in [0, 0.05) is 6.61 Å². The summed E-state index contributed by atoms with van der Waals surface area (Å²) in [5.41, 5.74) is 0. The number of rotatable bonds is 5. The Balaban J connectivity index is 3.48. The minimum Gasteiger partial charge on any atom is -0.396 e. The van der Waals surface area contributed by atoms with Gasteiger partial charge in [-0.1, -0.05) is 13.8 Å². The van der Waals surface area contributed by atoms with Crippen molar-refractivity contribution in [1.82, 2.24) is 0 Å². The lowest BCUT2D eigenvalue weighted by Gasteiger charge is -2.17. The summed E-state index contributed by atoms with van der Waals surface area (Å²) in [5.74, 6) is 0.170. The molecule has 0 aliphatic rings. The quantitative estimate of drug-likeness (QED) is 0.539. The van der Waals surface area contributed by atoms with Crippen LogP contribution in [0.1, 0.15) is 26.7 Å². The van der Waals surface area contributed by atoms with Gasteiger partial charge < -0.3 is 15.3 Å². The molecule has 3 heteroatoms. The molecule has 11 heavy (non-hydrogen) atoms.